The van der Waals surface area contributed by atoms with Gasteiger partial charge in [0.1, 0.15) is 0 Å². The second-order valence-corrected chi connectivity index (χ2v) is 8.36. The fraction of sp³-hybridized carbons (Fsp3) is 0.188. The molecule has 27 heavy (non-hydrogen) atoms. The Hall–Kier alpha value is -2.40. The highest BCUT2D eigenvalue weighted by Gasteiger charge is 2.20. The predicted molar refractivity (Wildman–Crippen MR) is 97.7 cm³/mol. The Labute approximate surface area is 162 Å². The molecular weight excluding hydrogens is 446 g/mol. The van der Waals surface area contributed by atoms with Crippen LogP contribution in [0.5, 0.6) is 0 Å². The van der Waals surface area contributed by atoms with Crippen LogP contribution in [-0.2, 0) is 16.6 Å². The Bertz CT molecular complexity index is 1040. The van der Waals surface area contributed by atoms with Crippen LogP contribution >= 0.6 is 15.9 Å². The van der Waals surface area contributed by atoms with Crippen molar-refractivity contribution >= 4 is 31.6 Å². The number of benzene rings is 1. The maximum absolute atomic E-state index is 12.5. The van der Waals surface area contributed by atoms with Gasteiger partial charge in [-0.25, -0.2) is 8.42 Å². The maximum atomic E-state index is 12.5. The Morgan fingerprint density at radius 2 is 2.00 bits per heavy atom. The number of nitrogens with zero attached hydrogens (tertiary/aromatic N) is 4. The highest BCUT2D eigenvalue weighted by molar-refractivity contribution is 9.10. The van der Waals surface area contributed by atoms with Crippen LogP contribution in [0.15, 0.2) is 51.5 Å². The first-order chi connectivity index (χ1) is 12.7. The molecule has 0 spiro atoms. The Balaban J connectivity index is 1.85. The summed E-state index contributed by atoms with van der Waals surface area (Å²) in [6.45, 7) is 0.00167. The van der Waals surface area contributed by atoms with Crippen LogP contribution in [-0.4, -0.2) is 29.9 Å². The minimum absolute atomic E-state index is 0.00167. The SMILES string of the molecule is CS(=O)(=O)N(Cc1ccc(-c2nnc(C(F)F)o2)cn1)c1cccc(Br)c1. The molecule has 7 nitrogen and oxygen atoms in total. The lowest BCUT2D eigenvalue weighted by atomic mass is 10.2. The molecule has 1 aromatic carbocycles. The van der Waals surface area contributed by atoms with Crippen molar-refractivity contribution in [2.24, 2.45) is 0 Å². The van der Waals surface area contributed by atoms with E-state index in [9.17, 15) is 17.2 Å². The molecule has 0 unspecified atom stereocenters. The zero-order valence-electron chi connectivity index (χ0n) is 13.9. The molecule has 0 atom stereocenters. The Morgan fingerprint density at radius 3 is 2.56 bits per heavy atom. The first-order valence-corrected chi connectivity index (χ1v) is 10.2. The molecule has 2 aromatic heterocycles. The van der Waals surface area contributed by atoms with Gasteiger partial charge in [0.2, 0.25) is 15.9 Å². The Morgan fingerprint density at radius 1 is 1.22 bits per heavy atom. The second-order valence-electron chi connectivity index (χ2n) is 5.53. The van der Waals surface area contributed by atoms with Crippen molar-refractivity contribution in [2.75, 3.05) is 10.6 Å². The molecule has 0 aliphatic carbocycles. The molecule has 0 bridgehead atoms. The van der Waals surface area contributed by atoms with Crippen molar-refractivity contribution in [3.63, 3.8) is 0 Å². The highest BCUT2D eigenvalue weighted by atomic mass is 79.9. The van der Waals surface area contributed by atoms with E-state index in [4.69, 9.17) is 4.42 Å². The summed E-state index contributed by atoms with van der Waals surface area (Å²) in [6.07, 6.45) is -0.390. The van der Waals surface area contributed by atoms with Gasteiger partial charge in [0, 0.05) is 10.7 Å². The number of halogens is 3. The summed E-state index contributed by atoms with van der Waals surface area (Å²) in [5, 5.41) is 6.80. The summed E-state index contributed by atoms with van der Waals surface area (Å²) in [5.41, 5.74) is 1.29. The number of hydrogen-bond donors (Lipinski definition) is 0. The van der Waals surface area contributed by atoms with Gasteiger partial charge in [-0.15, -0.1) is 10.2 Å². The van der Waals surface area contributed by atoms with Crippen molar-refractivity contribution in [2.45, 2.75) is 13.0 Å². The van der Waals surface area contributed by atoms with E-state index in [0.717, 1.165) is 10.7 Å². The Kier molecular flexibility index (Phi) is 5.51. The van der Waals surface area contributed by atoms with Gasteiger partial charge in [0.05, 0.1) is 29.7 Å². The molecule has 3 aromatic rings. The molecule has 142 valence electrons. The number of rotatable bonds is 6. The van der Waals surface area contributed by atoms with E-state index < -0.39 is 22.3 Å². The van der Waals surface area contributed by atoms with Crippen molar-refractivity contribution in [3.8, 4) is 11.5 Å². The molecule has 0 fully saturated rings. The second kappa shape index (κ2) is 7.69. The van der Waals surface area contributed by atoms with Crippen LogP contribution in [0.1, 0.15) is 18.0 Å². The van der Waals surface area contributed by atoms with E-state index in [1.54, 1.807) is 36.4 Å². The molecule has 2 heterocycles. The molecule has 0 aliphatic heterocycles. The highest BCUT2D eigenvalue weighted by Crippen LogP contribution is 2.25. The van der Waals surface area contributed by atoms with E-state index >= 15 is 0 Å². The summed E-state index contributed by atoms with van der Waals surface area (Å²) in [5.74, 6) is -0.858. The fourth-order valence-electron chi connectivity index (χ4n) is 2.26. The molecule has 0 saturated carbocycles. The monoisotopic (exact) mass is 458 g/mol. The molecule has 3 rings (SSSR count). The van der Waals surface area contributed by atoms with Gasteiger partial charge in [-0.2, -0.15) is 8.78 Å². The topological polar surface area (TPSA) is 89.2 Å². The lowest BCUT2D eigenvalue weighted by Gasteiger charge is -2.22. The van der Waals surface area contributed by atoms with Crippen LogP contribution in [0.4, 0.5) is 14.5 Å². The normalized spacial score (nSPS) is 11.7. The minimum Gasteiger partial charge on any atom is -0.415 e. The van der Waals surface area contributed by atoms with Crippen LogP contribution in [0.2, 0.25) is 0 Å². The number of sulfonamides is 1. The molecule has 0 saturated heterocycles. The van der Waals surface area contributed by atoms with Crippen molar-refractivity contribution in [1.82, 2.24) is 15.2 Å². The summed E-state index contributed by atoms with van der Waals surface area (Å²) >= 11 is 3.32. The van der Waals surface area contributed by atoms with Crippen molar-refractivity contribution < 1.29 is 21.6 Å². The first kappa shape index (κ1) is 19.4. The summed E-state index contributed by atoms with van der Waals surface area (Å²) < 4.78 is 56.2. The van der Waals surface area contributed by atoms with Crippen LogP contribution < -0.4 is 4.31 Å². The molecule has 0 N–H and O–H groups in total. The summed E-state index contributed by atoms with van der Waals surface area (Å²) in [4.78, 5) is 4.18. The predicted octanol–water partition coefficient (Wildman–Crippen LogP) is 3.80. The zero-order valence-corrected chi connectivity index (χ0v) is 16.3. The van der Waals surface area contributed by atoms with Gasteiger partial charge < -0.3 is 4.42 Å². The van der Waals surface area contributed by atoms with Gasteiger partial charge >= 0.3 is 6.43 Å². The third kappa shape index (κ3) is 4.66. The average Bonchev–Trinajstić information content (AvgIpc) is 3.09. The number of hydrogen-bond acceptors (Lipinski definition) is 6. The number of pyridine rings is 1. The van der Waals surface area contributed by atoms with Crippen LogP contribution in [0.25, 0.3) is 11.5 Å². The molecular formula is C16H13BrF2N4O3S. The van der Waals surface area contributed by atoms with Gasteiger partial charge in [-0.1, -0.05) is 22.0 Å². The maximum Gasteiger partial charge on any atom is 0.314 e. The lowest BCUT2D eigenvalue weighted by Crippen LogP contribution is -2.29. The molecule has 0 aliphatic rings. The zero-order chi connectivity index (χ0) is 19.6. The third-order valence-electron chi connectivity index (χ3n) is 3.50. The third-order valence-corrected chi connectivity index (χ3v) is 5.13. The quantitative estimate of drug-likeness (QED) is 0.557. The van der Waals surface area contributed by atoms with E-state index in [0.29, 0.717) is 16.9 Å². The van der Waals surface area contributed by atoms with Crippen molar-refractivity contribution in [3.05, 3.63) is 58.7 Å². The fourth-order valence-corrected chi connectivity index (χ4v) is 3.51. The number of aromatic nitrogens is 3. The van der Waals surface area contributed by atoms with E-state index in [1.165, 1.54) is 10.5 Å². The lowest BCUT2D eigenvalue weighted by molar-refractivity contribution is 0.116. The number of alkyl halides is 2. The van der Waals surface area contributed by atoms with Gasteiger partial charge in [0.25, 0.3) is 5.89 Å². The van der Waals surface area contributed by atoms with Crippen LogP contribution in [0.3, 0.4) is 0 Å². The molecule has 0 radical (unpaired) electrons. The van der Waals surface area contributed by atoms with E-state index in [2.05, 4.69) is 31.1 Å². The van der Waals surface area contributed by atoms with Gasteiger partial charge in [-0.3, -0.25) is 9.29 Å². The van der Waals surface area contributed by atoms with Gasteiger partial charge in [-0.05, 0) is 30.3 Å². The smallest absolute Gasteiger partial charge is 0.314 e. The summed E-state index contributed by atoms with van der Waals surface area (Å²) in [7, 11) is -3.55. The van der Waals surface area contributed by atoms with Crippen LogP contribution in [0, 0.1) is 0 Å². The molecule has 0 amide bonds. The summed E-state index contributed by atoms with van der Waals surface area (Å²) in [6, 6.07) is 9.98. The molecule has 11 heteroatoms. The minimum atomic E-state index is -3.55. The van der Waals surface area contributed by atoms with E-state index in [-0.39, 0.29) is 12.4 Å². The standard InChI is InChI=1S/C16H13BrF2N4O3S/c1-27(24,25)23(13-4-2-3-11(17)7-13)9-12-6-5-10(8-20-12)15-21-22-16(26-15)14(18)19/h2-8,14H,9H2,1H3. The van der Waals surface area contributed by atoms with Gasteiger partial charge in [0.15, 0.2) is 0 Å². The van der Waals surface area contributed by atoms with Crippen molar-refractivity contribution in [1.29, 1.82) is 0 Å². The largest absolute Gasteiger partial charge is 0.415 e. The van der Waals surface area contributed by atoms with E-state index in [1.807, 2.05) is 0 Å². The first-order valence-electron chi connectivity index (χ1n) is 7.54. The average molecular weight is 459 g/mol. The number of anilines is 1.